The standard InChI is InChI=1S/C16H24BrN3.HI/c1-18-15(20(2)3)19-12-16(10-4-5-11-16)13-6-8-14(17)9-7-13;/h6-9H,4-5,10-12H2,1-3H3,(H,18,19);1H. The van der Waals surface area contributed by atoms with Crippen LogP contribution in [0.15, 0.2) is 33.7 Å². The van der Waals surface area contributed by atoms with Gasteiger partial charge in [-0.15, -0.1) is 24.0 Å². The lowest BCUT2D eigenvalue weighted by Gasteiger charge is -2.31. The quantitative estimate of drug-likeness (QED) is 0.414. The average molecular weight is 466 g/mol. The Balaban J connectivity index is 0.00000220. The van der Waals surface area contributed by atoms with Crippen LogP contribution in [-0.2, 0) is 5.41 Å². The Kier molecular flexibility index (Phi) is 7.47. The normalized spacial score (nSPS) is 17.2. The summed E-state index contributed by atoms with van der Waals surface area (Å²) in [4.78, 5) is 6.34. The molecule has 0 saturated heterocycles. The molecular formula is C16H25BrIN3. The van der Waals surface area contributed by atoms with Gasteiger partial charge in [-0.3, -0.25) is 4.99 Å². The first-order chi connectivity index (χ1) is 9.57. The van der Waals surface area contributed by atoms with Crippen molar-refractivity contribution in [2.75, 3.05) is 27.7 Å². The van der Waals surface area contributed by atoms with Gasteiger partial charge in [0.1, 0.15) is 0 Å². The second kappa shape index (κ2) is 8.36. The summed E-state index contributed by atoms with van der Waals surface area (Å²) in [5.41, 5.74) is 1.70. The van der Waals surface area contributed by atoms with Crippen molar-refractivity contribution in [3.05, 3.63) is 34.3 Å². The maximum absolute atomic E-state index is 4.31. The SMILES string of the molecule is CN=C(NCC1(c2ccc(Br)cc2)CCCC1)N(C)C.I. The molecule has 1 N–H and O–H groups in total. The third-order valence-electron chi connectivity index (χ3n) is 4.24. The number of halogens is 2. The summed E-state index contributed by atoms with van der Waals surface area (Å²) >= 11 is 3.52. The van der Waals surface area contributed by atoms with E-state index in [1.165, 1.54) is 31.2 Å². The first-order valence-electron chi connectivity index (χ1n) is 7.21. The molecule has 1 fully saturated rings. The summed E-state index contributed by atoms with van der Waals surface area (Å²) in [5, 5.41) is 3.53. The van der Waals surface area contributed by atoms with Crippen LogP contribution in [-0.4, -0.2) is 38.5 Å². The van der Waals surface area contributed by atoms with E-state index >= 15 is 0 Å². The number of aliphatic imine (C=N–C) groups is 1. The molecule has 118 valence electrons. The van der Waals surface area contributed by atoms with Gasteiger partial charge < -0.3 is 10.2 Å². The van der Waals surface area contributed by atoms with Gasteiger partial charge in [0.05, 0.1) is 0 Å². The fraction of sp³-hybridized carbons (Fsp3) is 0.562. The van der Waals surface area contributed by atoms with Crippen LogP contribution in [0.4, 0.5) is 0 Å². The van der Waals surface area contributed by atoms with Crippen LogP contribution < -0.4 is 5.32 Å². The second-order valence-corrected chi connectivity index (χ2v) is 6.71. The maximum Gasteiger partial charge on any atom is 0.193 e. The van der Waals surface area contributed by atoms with Crippen LogP contribution in [0.25, 0.3) is 0 Å². The average Bonchev–Trinajstić information content (AvgIpc) is 2.90. The molecule has 0 aliphatic heterocycles. The van der Waals surface area contributed by atoms with Crippen LogP contribution in [0, 0.1) is 0 Å². The Morgan fingerprint density at radius 2 is 1.81 bits per heavy atom. The van der Waals surface area contributed by atoms with E-state index in [1.807, 2.05) is 26.0 Å². The summed E-state index contributed by atoms with van der Waals surface area (Å²) in [6.45, 7) is 0.958. The molecule has 0 heterocycles. The molecule has 0 atom stereocenters. The van der Waals surface area contributed by atoms with Crippen molar-refractivity contribution in [3.63, 3.8) is 0 Å². The predicted molar refractivity (Wildman–Crippen MR) is 105 cm³/mol. The highest BCUT2D eigenvalue weighted by atomic mass is 127. The second-order valence-electron chi connectivity index (χ2n) is 5.79. The zero-order valence-electron chi connectivity index (χ0n) is 13.0. The van der Waals surface area contributed by atoms with Gasteiger partial charge in [0.2, 0.25) is 0 Å². The Bertz CT molecular complexity index is 465. The van der Waals surface area contributed by atoms with E-state index in [-0.39, 0.29) is 29.4 Å². The lowest BCUT2D eigenvalue weighted by atomic mass is 9.79. The van der Waals surface area contributed by atoms with Gasteiger partial charge in [-0.25, -0.2) is 0 Å². The molecule has 0 amide bonds. The van der Waals surface area contributed by atoms with Gasteiger partial charge in [-0.1, -0.05) is 40.9 Å². The molecule has 5 heteroatoms. The van der Waals surface area contributed by atoms with E-state index in [4.69, 9.17) is 0 Å². The van der Waals surface area contributed by atoms with Gasteiger partial charge in [0.15, 0.2) is 5.96 Å². The van der Waals surface area contributed by atoms with Crippen LogP contribution in [0.3, 0.4) is 0 Å². The Labute approximate surface area is 153 Å². The molecule has 1 aliphatic carbocycles. The van der Waals surface area contributed by atoms with Gasteiger partial charge >= 0.3 is 0 Å². The van der Waals surface area contributed by atoms with Crippen molar-refractivity contribution in [2.45, 2.75) is 31.1 Å². The highest BCUT2D eigenvalue weighted by Gasteiger charge is 2.35. The highest BCUT2D eigenvalue weighted by Crippen LogP contribution is 2.40. The Morgan fingerprint density at radius 3 is 2.29 bits per heavy atom. The molecule has 0 radical (unpaired) electrons. The lowest BCUT2D eigenvalue weighted by Crippen LogP contribution is -2.44. The fourth-order valence-electron chi connectivity index (χ4n) is 3.11. The Morgan fingerprint density at radius 1 is 1.24 bits per heavy atom. The van der Waals surface area contributed by atoms with E-state index in [9.17, 15) is 0 Å². The van der Waals surface area contributed by atoms with E-state index in [0.29, 0.717) is 0 Å². The molecular weight excluding hydrogens is 441 g/mol. The lowest BCUT2D eigenvalue weighted by molar-refractivity contribution is 0.423. The summed E-state index contributed by atoms with van der Waals surface area (Å²) in [5.74, 6) is 0.952. The smallest absolute Gasteiger partial charge is 0.193 e. The van der Waals surface area contributed by atoms with Gasteiger partial charge in [0.25, 0.3) is 0 Å². The van der Waals surface area contributed by atoms with Crippen LogP contribution in [0.2, 0.25) is 0 Å². The van der Waals surface area contributed by atoms with E-state index in [2.05, 4.69) is 50.5 Å². The number of hydrogen-bond acceptors (Lipinski definition) is 1. The van der Waals surface area contributed by atoms with Crippen molar-refractivity contribution in [3.8, 4) is 0 Å². The molecule has 0 bridgehead atoms. The third-order valence-corrected chi connectivity index (χ3v) is 4.77. The highest BCUT2D eigenvalue weighted by molar-refractivity contribution is 14.0. The number of rotatable bonds is 3. The van der Waals surface area contributed by atoms with Gasteiger partial charge in [0, 0.05) is 37.6 Å². The molecule has 1 aromatic rings. The van der Waals surface area contributed by atoms with Gasteiger partial charge in [-0.05, 0) is 30.5 Å². The van der Waals surface area contributed by atoms with Crippen molar-refractivity contribution >= 4 is 45.9 Å². The van der Waals surface area contributed by atoms with Crippen molar-refractivity contribution < 1.29 is 0 Å². The molecule has 2 rings (SSSR count). The molecule has 1 saturated carbocycles. The van der Waals surface area contributed by atoms with E-state index in [1.54, 1.807) is 0 Å². The fourth-order valence-corrected chi connectivity index (χ4v) is 3.37. The van der Waals surface area contributed by atoms with E-state index in [0.717, 1.165) is 17.0 Å². The van der Waals surface area contributed by atoms with Crippen molar-refractivity contribution in [1.82, 2.24) is 10.2 Å². The number of guanidine groups is 1. The van der Waals surface area contributed by atoms with Gasteiger partial charge in [-0.2, -0.15) is 0 Å². The third kappa shape index (κ3) is 4.58. The van der Waals surface area contributed by atoms with Crippen LogP contribution >= 0.6 is 39.9 Å². The topological polar surface area (TPSA) is 27.6 Å². The number of nitrogens with one attached hydrogen (secondary N) is 1. The molecule has 0 aromatic heterocycles. The number of nitrogens with zero attached hydrogens (tertiary/aromatic N) is 2. The first-order valence-corrected chi connectivity index (χ1v) is 8.01. The predicted octanol–water partition coefficient (Wildman–Crippen LogP) is 4.02. The minimum atomic E-state index is 0. The van der Waals surface area contributed by atoms with Crippen LogP contribution in [0.1, 0.15) is 31.2 Å². The van der Waals surface area contributed by atoms with Crippen molar-refractivity contribution in [2.24, 2.45) is 4.99 Å². The largest absolute Gasteiger partial charge is 0.355 e. The zero-order valence-corrected chi connectivity index (χ0v) is 16.9. The summed E-state index contributed by atoms with van der Waals surface area (Å²) in [6.07, 6.45) is 5.15. The zero-order chi connectivity index (χ0) is 14.6. The minimum absolute atomic E-state index is 0. The Hall–Kier alpha value is -0.300. The van der Waals surface area contributed by atoms with E-state index < -0.39 is 0 Å². The minimum Gasteiger partial charge on any atom is -0.355 e. The molecule has 1 aromatic carbocycles. The molecule has 0 unspecified atom stereocenters. The number of hydrogen-bond donors (Lipinski definition) is 1. The molecule has 1 aliphatic rings. The molecule has 21 heavy (non-hydrogen) atoms. The van der Waals surface area contributed by atoms with Crippen molar-refractivity contribution in [1.29, 1.82) is 0 Å². The summed E-state index contributed by atoms with van der Waals surface area (Å²) < 4.78 is 1.14. The molecule has 3 nitrogen and oxygen atoms in total. The maximum atomic E-state index is 4.31. The summed E-state index contributed by atoms with van der Waals surface area (Å²) in [7, 11) is 5.88. The first kappa shape index (κ1) is 18.7. The monoisotopic (exact) mass is 465 g/mol. The van der Waals surface area contributed by atoms with Crippen LogP contribution in [0.5, 0.6) is 0 Å². The number of benzene rings is 1. The molecule has 0 spiro atoms. The summed E-state index contributed by atoms with van der Waals surface area (Å²) in [6, 6.07) is 8.82.